The van der Waals surface area contributed by atoms with Gasteiger partial charge in [0.2, 0.25) is 11.6 Å². The molecule has 2 aliphatic rings. The molecule has 0 radical (unpaired) electrons. The zero-order valence-electron chi connectivity index (χ0n) is 22.3. The Labute approximate surface area is 238 Å². The van der Waals surface area contributed by atoms with Crippen LogP contribution in [0.1, 0.15) is 32.6 Å². The summed E-state index contributed by atoms with van der Waals surface area (Å²) in [6, 6.07) is 10.8. The van der Waals surface area contributed by atoms with Crippen LogP contribution in [0.25, 0.3) is 33.6 Å². The molecule has 11 heteroatoms. The number of hydrogen-bond donors (Lipinski definition) is 2. The molecule has 5 heterocycles. The number of anilines is 2. The van der Waals surface area contributed by atoms with Crippen LogP contribution in [0, 0.1) is 5.82 Å². The van der Waals surface area contributed by atoms with Crippen molar-refractivity contribution < 1.29 is 13.6 Å². The molecule has 0 bridgehead atoms. The second-order valence-corrected chi connectivity index (χ2v) is 10.4. The zero-order chi connectivity index (χ0) is 26.9. The molecule has 1 amide bonds. The number of carbonyl (C=O) groups is 1. The number of fused-ring (bicyclic) bond motifs is 1. The number of halogens is 2. The Hall–Kier alpha value is -3.76. The Balaban J connectivity index is 0.00000323. The summed E-state index contributed by atoms with van der Waals surface area (Å²) >= 11 is 0. The lowest BCUT2D eigenvalue weighted by Crippen LogP contribution is -2.44. The minimum atomic E-state index is -0.303. The van der Waals surface area contributed by atoms with E-state index in [-0.39, 0.29) is 36.2 Å². The molecule has 210 valence electrons. The first-order valence-electron chi connectivity index (χ1n) is 13.5. The molecule has 0 spiro atoms. The third-order valence-electron chi connectivity index (χ3n) is 7.68. The summed E-state index contributed by atoms with van der Waals surface area (Å²) in [7, 11) is 0. The highest BCUT2D eigenvalue weighted by molar-refractivity contribution is 6.06. The Morgan fingerprint density at radius 3 is 2.27 bits per heavy atom. The fraction of sp³-hybridized carbons (Fsp3) is 0.379. The van der Waals surface area contributed by atoms with E-state index >= 15 is 0 Å². The van der Waals surface area contributed by atoms with Gasteiger partial charge < -0.3 is 25.3 Å². The van der Waals surface area contributed by atoms with Crippen LogP contribution in [0.5, 0.6) is 0 Å². The number of amides is 1. The monoisotopic (exact) mass is 565 g/mol. The number of hydrogen-bond acceptors (Lipinski definition) is 8. The first-order valence-corrected chi connectivity index (χ1v) is 13.5. The minimum Gasteiger partial charge on any atom is -0.437 e. The van der Waals surface area contributed by atoms with Gasteiger partial charge in [0.1, 0.15) is 29.5 Å². The third kappa shape index (κ3) is 5.59. The van der Waals surface area contributed by atoms with E-state index in [1.54, 1.807) is 19.1 Å². The van der Waals surface area contributed by atoms with Crippen molar-refractivity contribution in [2.24, 2.45) is 5.73 Å². The number of nitrogens with zero attached hydrogens (tertiary/aromatic N) is 5. The second-order valence-electron chi connectivity index (χ2n) is 10.4. The van der Waals surface area contributed by atoms with E-state index in [1.807, 2.05) is 18.3 Å². The van der Waals surface area contributed by atoms with E-state index in [1.165, 1.54) is 18.5 Å². The van der Waals surface area contributed by atoms with Crippen LogP contribution in [0.3, 0.4) is 0 Å². The minimum absolute atomic E-state index is 0. The molecule has 2 aliphatic heterocycles. The molecule has 2 fully saturated rings. The van der Waals surface area contributed by atoms with Crippen molar-refractivity contribution in [3.05, 3.63) is 54.7 Å². The summed E-state index contributed by atoms with van der Waals surface area (Å²) in [4.78, 5) is 29.7. The topological polar surface area (TPSA) is 113 Å². The number of rotatable bonds is 5. The zero-order valence-corrected chi connectivity index (χ0v) is 23.2. The van der Waals surface area contributed by atoms with Crippen molar-refractivity contribution in [3.63, 3.8) is 0 Å². The summed E-state index contributed by atoms with van der Waals surface area (Å²) in [6.07, 6.45) is 6.87. The van der Waals surface area contributed by atoms with Gasteiger partial charge in [-0.15, -0.1) is 12.4 Å². The molecule has 40 heavy (non-hydrogen) atoms. The Morgan fingerprint density at radius 2 is 1.62 bits per heavy atom. The lowest BCUT2D eigenvalue weighted by Gasteiger charge is -2.33. The van der Waals surface area contributed by atoms with Crippen molar-refractivity contribution in [1.82, 2.24) is 20.3 Å². The highest BCUT2D eigenvalue weighted by Gasteiger charge is 2.27. The summed E-state index contributed by atoms with van der Waals surface area (Å²) in [6.45, 7) is 4.79. The van der Waals surface area contributed by atoms with Crippen molar-refractivity contribution in [1.29, 1.82) is 0 Å². The summed E-state index contributed by atoms with van der Waals surface area (Å²) in [5, 5.41) is 3.81. The number of piperidine rings is 2. The van der Waals surface area contributed by atoms with E-state index in [4.69, 9.17) is 15.1 Å². The van der Waals surface area contributed by atoms with Crippen LogP contribution in [0.15, 0.2) is 53.3 Å². The van der Waals surface area contributed by atoms with Crippen LogP contribution >= 0.6 is 12.4 Å². The second kappa shape index (κ2) is 11.8. The molecule has 2 saturated heterocycles. The van der Waals surface area contributed by atoms with Gasteiger partial charge in [-0.1, -0.05) is 12.1 Å². The molecule has 3 aromatic heterocycles. The van der Waals surface area contributed by atoms with Gasteiger partial charge in [-0.05, 0) is 55.5 Å². The predicted molar refractivity (Wildman–Crippen MR) is 156 cm³/mol. The van der Waals surface area contributed by atoms with E-state index in [0.717, 1.165) is 85.6 Å². The lowest BCUT2D eigenvalue weighted by atomic mass is 9.99. The molecule has 0 aliphatic carbocycles. The molecular weight excluding hydrogens is 533 g/mol. The van der Waals surface area contributed by atoms with E-state index in [9.17, 15) is 9.18 Å². The maximum atomic E-state index is 13.9. The quantitative estimate of drug-likeness (QED) is 0.362. The standard InChI is InChI=1S/C29H32FN7O2.ClH/c1-18(38)35-23-10-14-36(15-11-23)24-7-4-20(16-32-24)27-25(19-2-5-21(30)6-3-19)26-28(33-17-34-29(26)39-27)37-12-8-22(31)9-13-37;/h2-7,16-17,22-23H,8-15,31H2,1H3,(H,35,38);1H. The van der Waals surface area contributed by atoms with Crippen LogP contribution in [-0.4, -0.2) is 59.1 Å². The maximum absolute atomic E-state index is 13.9. The number of aromatic nitrogens is 3. The molecular formula is C29H33ClFN7O2. The Kier molecular flexibility index (Phi) is 8.18. The average molecular weight is 566 g/mol. The van der Waals surface area contributed by atoms with E-state index in [2.05, 4.69) is 25.1 Å². The normalized spacial score (nSPS) is 16.7. The van der Waals surface area contributed by atoms with Gasteiger partial charge in [-0.3, -0.25) is 4.79 Å². The van der Waals surface area contributed by atoms with Crippen molar-refractivity contribution in [2.75, 3.05) is 36.0 Å². The first-order chi connectivity index (χ1) is 19.0. The molecule has 0 atom stereocenters. The smallest absolute Gasteiger partial charge is 0.232 e. The van der Waals surface area contributed by atoms with E-state index in [0.29, 0.717) is 11.5 Å². The molecule has 1 aromatic carbocycles. The van der Waals surface area contributed by atoms with Crippen LogP contribution in [0.4, 0.5) is 16.0 Å². The number of carbonyl (C=O) groups excluding carboxylic acids is 1. The maximum Gasteiger partial charge on any atom is 0.232 e. The highest BCUT2D eigenvalue weighted by atomic mass is 35.5. The average Bonchev–Trinajstić information content (AvgIpc) is 3.34. The Morgan fingerprint density at radius 1 is 0.950 bits per heavy atom. The first kappa shape index (κ1) is 27.8. The number of furan rings is 1. The summed E-state index contributed by atoms with van der Waals surface area (Å²) in [5.41, 5.74) is 9.07. The summed E-state index contributed by atoms with van der Waals surface area (Å²) < 4.78 is 20.2. The fourth-order valence-electron chi connectivity index (χ4n) is 5.61. The molecule has 3 N–H and O–H groups in total. The molecule has 6 rings (SSSR count). The number of nitrogens with two attached hydrogens (primary N) is 1. The van der Waals surface area contributed by atoms with Gasteiger partial charge in [0, 0.05) is 62.5 Å². The van der Waals surface area contributed by atoms with Gasteiger partial charge in [0.25, 0.3) is 0 Å². The van der Waals surface area contributed by atoms with Crippen molar-refractivity contribution >= 4 is 41.0 Å². The number of pyridine rings is 1. The number of benzene rings is 1. The van der Waals surface area contributed by atoms with Gasteiger partial charge in [0.05, 0.1) is 5.39 Å². The lowest BCUT2D eigenvalue weighted by molar-refractivity contribution is -0.119. The SMILES string of the molecule is CC(=O)NC1CCN(c2ccc(-c3oc4ncnc(N5CCC(N)CC5)c4c3-c3ccc(F)cc3)cn2)CC1.Cl. The van der Waals surface area contributed by atoms with E-state index < -0.39 is 0 Å². The molecule has 4 aromatic rings. The van der Waals surface area contributed by atoms with Gasteiger partial charge in [-0.25, -0.2) is 19.3 Å². The van der Waals surface area contributed by atoms with Crippen LogP contribution < -0.4 is 20.9 Å². The third-order valence-corrected chi connectivity index (χ3v) is 7.68. The van der Waals surface area contributed by atoms with Gasteiger partial charge in [-0.2, -0.15) is 0 Å². The van der Waals surface area contributed by atoms with Crippen molar-refractivity contribution in [3.8, 4) is 22.5 Å². The predicted octanol–water partition coefficient (Wildman–Crippen LogP) is 4.55. The number of nitrogens with one attached hydrogen (secondary N) is 1. The molecule has 0 unspecified atom stereocenters. The summed E-state index contributed by atoms with van der Waals surface area (Å²) in [5.74, 6) is 2.01. The Bertz CT molecular complexity index is 1460. The van der Waals surface area contributed by atoms with Gasteiger partial charge in [0.15, 0.2) is 0 Å². The highest BCUT2D eigenvalue weighted by Crippen LogP contribution is 2.43. The van der Waals surface area contributed by atoms with Crippen LogP contribution in [0.2, 0.25) is 0 Å². The molecule has 9 nitrogen and oxygen atoms in total. The van der Waals surface area contributed by atoms with Crippen molar-refractivity contribution in [2.45, 2.75) is 44.7 Å². The van der Waals surface area contributed by atoms with Gasteiger partial charge >= 0.3 is 0 Å². The fourth-order valence-corrected chi connectivity index (χ4v) is 5.61. The largest absolute Gasteiger partial charge is 0.437 e. The molecule has 0 saturated carbocycles. The van der Waals surface area contributed by atoms with Crippen LogP contribution in [-0.2, 0) is 4.79 Å².